The summed E-state index contributed by atoms with van der Waals surface area (Å²) in [5.41, 5.74) is 0. The maximum absolute atomic E-state index is 12.4. The van der Waals surface area contributed by atoms with E-state index in [9.17, 15) is 8.78 Å². The number of alkyl halides is 2. The van der Waals surface area contributed by atoms with Crippen LogP contribution >= 0.6 is 0 Å². The molecule has 0 radical (unpaired) electrons. The molecule has 0 saturated carbocycles. The monoisotopic (exact) mass is 176 g/mol. The van der Waals surface area contributed by atoms with E-state index in [1.165, 1.54) is 0 Å². The van der Waals surface area contributed by atoms with Crippen LogP contribution in [0.15, 0.2) is 0 Å². The van der Waals surface area contributed by atoms with Gasteiger partial charge in [0.25, 0.3) is 5.92 Å². The lowest BCUT2D eigenvalue weighted by Gasteiger charge is -2.39. The first-order chi connectivity index (χ1) is 5.66. The Morgan fingerprint density at radius 1 is 1.42 bits per heavy atom. The minimum Gasteiger partial charge on any atom is -0.316 e. The molecule has 1 unspecified atom stereocenters. The number of nitrogens with one attached hydrogen (secondary N) is 1. The summed E-state index contributed by atoms with van der Waals surface area (Å²) in [6, 6.07) is 0. The fourth-order valence-corrected chi connectivity index (χ4v) is 1.97. The SMILES string of the molecule is FC1(F)CN(CC2CCNC2)C1. The van der Waals surface area contributed by atoms with E-state index in [0.717, 1.165) is 26.1 Å². The maximum atomic E-state index is 12.4. The van der Waals surface area contributed by atoms with Crippen molar-refractivity contribution in [2.75, 3.05) is 32.7 Å². The van der Waals surface area contributed by atoms with Gasteiger partial charge in [0.15, 0.2) is 0 Å². The Hall–Kier alpha value is -0.220. The lowest BCUT2D eigenvalue weighted by molar-refractivity contribution is -0.133. The molecule has 0 aromatic heterocycles. The topological polar surface area (TPSA) is 15.3 Å². The minimum absolute atomic E-state index is 0.0243. The highest BCUT2D eigenvalue weighted by atomic mass is 19.3. The summed E-state index contributed by atoms with van der Waals surface area (Å²) >= 11 is 0. The number of rotatable bonds is 2. The molecule has 2 aliphatic rings. The average molecular weight is 176 g/mol. The highest BCUT2D eigenvalue weighted by Gasteiger charge is 2.44. The standard InChI is InChI=1S/C8H14F2N2/c9-8(10)5-12(6-8)4-7-1-2-11-3-7/h7,11H,1-6H2. The van der Waals surface area contributed by atoms with E-state index in [1.807, 2.05) is 4.90 Å². The summed E-state index contributed by atoms with van der Waals surface area (Å²) in [5, 5.41) is 3.23. The van der Waals surface area contributed by atoms with Gasteiger partial charge in [0.05, 0.1) is 13.1 Å². The van der Waals surface area contributed by atoms with Crippen LogP contribution in [0.1, 0.15) is 6.42 Å². The van der Waals surface area contributed by atoms with Gasteiger partial charge >= 0.3 is 0 Å². The predicted octanol–water partition coefficient (Wildman–Crippen LogP) is 0.547. The van der Waals surface area contributed by atoms with Gasteiger partial charge in [-0.3, -0.25) is 4.90 Å². The summed E-state index contributed by atoms with van der Waals surface area (Å²) in [4.78, 5) is 1.84. The Balaban J connectivity index is 1.69. The van der Waals surface area contributed by atoms with Crippen molar-refractivity contribution in [3.05, 3.63) is 0 Å². The molecule has 12 heavy (non-hydrogen) atoms. The van der Waals surface area contributed by atoms with Crippen molar-refractivity contribution in [3.8, 4) is 0 Å². The largest absolute Gasteiger partial charge is 0.316 e. The van der Waals surface area contributed by atoms with Gasteiger partial charge in [0.2, 0.25) is 0 Å². The number of halogens is 2. The molecule has 0 aromatic rings. The fourth-order valence-electron chi connectivity index (χ4n) is 1.97. The molecule has 0 bridgehead atoms. The number of likely N-dealkylation sites (tertiary alicyclic amines) is 1. The molecular weight excluding hydrogens is 162 g/mol. The zero-order valence-electron chi connectivity index (χ0n) is 7.02. The second-order valence-corrected chi connectivity index (χ2v) is 3.88. The second-order valence-electron chi connectivity index (χ2n) is 3.88. The van der Waals surface area contributed by atoms with Crippen molar-refractivity contribution >= 4 is 0 Å². The quantitative estimate of drug-likeness (QED) is 0.661. The molecule has 2 aliphatic heterocycles. The average Bonchev–Trinajstić information content (AvgIpc) is 2.35. The molecule has 70 valence electrons. The maximum Gasteiger partial charge on any atom is 0.272 e. The van der Waals surface area contributed by atoms with Crippen molar-refractivity contribution in [1.29, 1.82) is 0 Å². The van der Waals surface area contributed by atoms with E-state index < -0.39 is 5.92 Å². The second kappa shape index (κ2) is 2.92. The van der Waals surface area contributed by atoms with Gasteiger partial charge in [-0.15, -0.1) is 0 Å². The Morgan fingerprint density at radius 3 is 2.67 bits per heavy atom. The van der Waals surface area contributed by atoms with Crippen LogP contribution in [0.4, 0.5) is 8.78 Å². The fraction of sp³-hybridized carbons (Fsp3) is 1.00. The van der Waals surface area contributed by atoms with Crippen LogP contribution in [-0.2, 0) is 0 Å². The molecule has 2 fully saturated rings. The number of hydrogen-bond acceptors (Lipinski definition) is 2. The molecule has 0 aromatic carbocycles. The predicted molar refractivity (Wildman–Crippen MR) is 42.4 cm³/mol. The first-order valence-electron chi connectivity index (χ1n) is 4.47. The Kier molecular flexibility index (Phi) is 2.04. The zero-order valence-corrected chi connectivity index (χ0v) is 7.02. The summed E-state index contributed by atoms with van der Waals surface area (Å²) in [6.45, 7) is 2.85. The molecule has 0 amide bonds. The number of hydrogen-bond donors (Lipinski definition) is 1. The van der Waals surface area contributed by atoms with E-state index >= 15 is 0 Å². The van der Waals surface area contributed by atoms with Crippen LogP contribution < -0.4 is 5.32 Å². The van der Waals surface area contributed by atoms with E-state index in [1.54, 1.807) is 0 Å². The Morgan fingerprint density at radius 2 is 2.17 bits per heavy atom. The van der Waals surface area contributed by atoms with Gasteiger partial charge in [-0.05, 0) is 25.4 Å². The van der Waals surface area contributed by atoms with Gasteiger partial charge in [0.1, 0.15) is 0 Å². The van der Waals surface area contributed by atoms with Gasteiger partial charge in [-0.25, -0.2) is 8.78 Å². The zero-order chi connectivity index (χ0) is 8.60. The summed E-state index contributed by atoms with van der Waals surface area (Å²) < 4.78 is 24.8. The van der Waals surface area contributed by atoms with E-state index in [2.05, 4.69) is 5.32 Å². The summed E-state index contributed by atoms with van der Waals surface area (Å²) in [6.07, 6.45) is 1.14. The van der Waals surface area contributed by atoms with Crippen LogP contribution in [0, 0.1) is 5.92 Å². The van der Waals surface area contributed by atoms with Crippen molar-refractivity contribution in [2.45, 2.75) is 12.3 Å². The molecule has 2 heterocycles. The smallest absolute Gasteiger partial charge is 0.272 e. The van der Waals surface area contributed by atoms with Crippen LogP contribution in [0.5, 0.6) is 0 Å². The van der Waals surface area contributed by atoms with E-state index in [-0.39, 0.29) is 13.1 Å². The minimum atomic E-state index is -2.40. The van der Waals surface area contributed by atoms with E-state index in [4.69, 9.17) is 0 Å². The first-order valence-corrected chi connectivity index (χ1v) is 4.47. The molecule has 0 aliphatic carbocycles. The summed E-state index contributed by atoms with van der Waals surface area (Å²) in [7, 11) is 0. The van der Waals surface area contributed by atoms with Crippen molar-refractivity contribution < 1.29 is 8.78 Å². The van der Waals surface area contributed by atoms with Gasteiger partial charge in [-0.2, -0.15) is 0 Å². The molecular formula is C8H14F2N2. The normalized spacial score (nSPS) is 35.0. The van der Waals surface area contributed by atoms with Gasteiger partial charge in [0, 0.05) is 6.54 Å². The molecule has 2 rings (SSSR count). The van der Waals surface area contributed by atoms with Gasteiger partial charge < -0.3 is 5.32 Å². The Bertz CT molecular complexity index is 158. The van der Waals surface area contributed by atoms with Crippen LogP contribution in [0.3, 0.4) is 0 Å². The molecule has 2 saturated heterocycles. The van der Waals surface area contributed by atoms with Crippen molar-refractivity contribution in [2.24, 2.45) is 5.92 Å². The van der Waals surface area contributed by atoms with E-state index in [0.29, 0.717) is 5.92 Å². The van der Waals surface area contributed by atoms with Crippen LogP contribution in [0.2, 0.25) is 0 Å². The third-order valence-electron chi connectivity index (χ3n) is 2.59. The highest BCUT2D eigenvalue weighted by Crippen LogP contribution is 2.27. The van der Waals surface area contributed by atoms with Crippen molar-refractivity contribution in [3.63, 3.8) is 0 Å². The third-order valence-corrected chi connectivity index (χ3v) is 2.59. The molecule has 4 heteroatoms. The molecule has 1 atom stereocenters. The Labute approximate surface area is 70.9 Å². The van der Waals surface area contributed by atoms with Gasteiger partial charge in [-0.1, -0.05) is 0 Å². The lowest BCUT2D eigenvalue weighted by Crippen LogP contribution is -2.57. The third kappa shape index (κ3) is 1.75. The number of nitrogens with zero attached hydrogens (tertiary/aromatic N) is 1. The first kappa shape index (κ1) is 8.38. The molecule has 2 nitrogen and oxygen atoms in total. The van der Waals surface area contributed by atoms with Crippen LogP contribution in [0.25, 0.3) is 0 Å². The molecule has 1 N–H and O–H groups in total. The molecule has 0 spiro atoms. The van der Waals surface area contributed by atoms with Crippen LogP contribution in [-0.4, -0.2) is 43.5 Å². The lowest BCUT2D eigenvalue weighted by atomic mass is 10.0. The highest BCUT2D eigenvalue weighted by molar-refractivity contribution is 4.89. The van der Waals surface area contributed by atoms with Crippen molar-refractivity contribution in [1.82, 2.24) is 10.2 Å². The summed E-state index contributed by atoms with van der Waals surface area (Å²) in [5.74, 6) is -1.80.